The molecule has 2 aromatic carbocycles. The van der Waals surface area contributed by atoms with Crippen molar-refractivity contribution >= 4 is 11.8 Å². The summed E-state index contributed by atoms with van der Waals surface area (Å²) in [5.41, 5.74) is 9.09. The molecular formula is C15H16FNS. The van der Waals surface area contributed by atoms with E-state index in [9.17, 15) is 4.39 Å². The smallest absolute Gasteiger partial charge is 0.123 e. The molecule has 0 saturated heterocycles. The standard InChI is InChI=1S/C15H16FNS/c1-11-4-2-3-5-12(11)10-18-15-7-6-14(16)8-13(15)9-17/h2-8H,9-10,17H2,1H3. The fourth-order valence-electron chi connectivity index (χ4n) is 1.78. The minimum Gasteiger partial charge on any atom is -0.326 e. The average Bonchev–Trinajstić information content (AvgIpc) is 2.39. The van der Waals surface area contributed by atoms with E-state index in [0.29, 0.717) is 6.54 Å². The van der Waals surface area contributed by atoms with Crippen molar-refractivity contribution in [2.45, 2.75) is 24.1 Å². The Kier molecular flexibility index (Phi) is 4.39. The van der Waals surface area contributed by atoms with Crippen molar-refractivity contribution in [1.82, 2.24) is 0 Å². The summed E-state index contributed by atoms with van der Waals surface area (Å²) in [6.07, 6.45) is 0. The normalized spacial score (nSPS) is 10.6. The van der Waals surface area contributed by atoms with Gasteiger partial charge in [0.05, 0.1) is 0 Å². The van der Waals surface area contributed by atoms with Gasteiger partial charge >= 0.3 is 0 Å². The van der Waals surface area contributed by atoms with Gasteiger partial charge in [0.1, 0.15) is 5.82 Å². The van der Waals surface area contributed by atoms with E-state index in [1.54, 1.807) is 17.8 Å². The number of nitrogens with two attached hydrogens (primary N) is 1. The number of halogens is 1. The predicted octanol–water partition coefficient (Wildman–Crippen LogP) is 3.89. The highest BCUT2D eigenvalue weighted by atomic mass is 32.2. The van der Waals surface area contributed by atoms with Gasteiger partial charge in [-0.2, -0.15) is 0 Å². The maximum Gasteiger partial charge on any atom is 0.123 e. The van der Waals surface area contributed by atoms with Gasteiger partial charge in [-0.05, 0) is 41.8 Å². The van der Waals surface area contributed by atoms with Gasteiger partial charge < -0.3 is 5.73 Å². The number of thioether (sulfide) groups is 1. The van der Waals surface area contributed by atoms with Gasteiger partial charge in [0, 0.05) is 17.2 Å². The Balaban J connectivity index is 2.13. The topological polar surface area (TPSA) is 26.0 Å². The summed E-state index contributed by atoms with van der Waals surface area (Å²) < 4.78 is 13.1. The third-order valence-electron chi connectivity index (χ3n) is 2.89. The van der Waals surface area contributed by atoms with Gasteiger partial charge in [0.15, 0.2) is 0 Å². The minimum atomic E-state index is -0.226. The molecule has 3 heteroatoms. The van der Waals surface area contributed by atoms with Crippen LogP contribution in [0.1, 0.15) is 16.7 Å². The Morgan fingerprint density at radius 2 is 1.89 bits per heavy atom. The van der Waals surface area contributed by atoms with E-state index in [1.807, 2.05) is 12.1 Å². The van der Waals surface area contributed by atoms with Crippen LogP contribution in [0, 0.1) is 12.7 Å². The van der Waals surface area contributed by atoms with E-state index < -0.39 is 0 Å². The second-order valence-corrected chi connectivity index (χ2v) is 5.19. The molecule has 0 amide bonds. The van der Waals surface area contributed by atoms with Crippen molar-refractivity contribution in [3.63, 3.8) is 0 Å². The molecule has 0 aliphatic rings. The molecule has 0 aromatic heterocycles. The summed E-state index contributed by atoms with van der Waals surface area (Å²) in [6, 6.07) is 13.1. The zero-order valence-electron chi connectivity index (χ0n) is 10.3. The highest BCUT2D eigenvalue weighted by Gasteiger charge is 2.05. The third kappa shape index (κ3) is 3.12. The fraction of sp³-hybridized carbons (Fsp3) is 0.200. The number of hydrogen-bond donors (Lipinski definition) is 1. The number of aryl methyl sites for hydroxylation is 1. The molecule has 2 aromatic rings. The maximum absolute atomic E-state index is 13.1. The first-order valence-corrected chi connectivity index (χ1v) is 6.85. The van der Waals surface area contributed by atoms with Crippen LogP contribution >= 0.6 is 11.8 Å². The van der Waals surface area contributed by atoms with Crippen LogP contribution in [0.2, 0.25) is 0 Å². The van der Waals surface area contributed by atoms with E-state index in [1.165, 1.54) is 23.3 Å². The molecule has 0 aliphatic heterocycles. The largest absolute Gasteiger partial charge is 0.326 e. The summed E-state index contributed by atoms with van der Waals surface area (Å²) in [5.74, 6) is 0.654. The van der Waals surface area contributed by atoms with Crippen molar-refractivity contribution in [1.29, 1.82) is 0 Å². The SMILES string of the molecule is Cc1ccccc1CSc1ccc(F)cc1CN. The van der Waals surface area contributed by atoms with Crippen molar-refractivity contribution in [3.8, 4) is 0 Å². The molecule has 18 heavy (non-hydrogen) atoms. The molecule has 0 aliphatic carbocycles. The Morgan fingerprint density at radius 3 is 2.61 bits per heavy atom. The highest BCUT2D eigenvalue weighted by molar-refractivity contribution is 7.98. The first kappa shape index (κ1) is 13.1. The molecule has 0 atom stereocenters. The molecule has 0 bridgehead atoms. The van der Waals surface area contributed by atoms with Gasteiger partial charge in [-0.1, -0.05) is 24.3 Å². The second kappa shape index (κ2) is 6.03. The summed E-state index contributed by atoms with van der Waals surface area (Å²) in [5, 5.41) is 0. The monoisotopic (exact) mass is 261 g/mol. The fourth-order valence-corrected chi connectivity index (χ4v) is 2.90. The quantitative estimate of drug-likeness (QED) is 0.845. The zero-order valence-corrected chi connectivity index (χ0v) is 11.1. The maximum atomic E-state index is 13.1. The van der Waals surface area contributed by atoms with Crippen LogP contribution in [-0.2, 0) is 12.3 Å². The van der Waals surface area contributed by atoms with Crippen molar-refractivity contribution < 1.29 is 4.39 Å². The zero-order chi connectivity index (χ0) is 13.0. The lowest BCUT2D eigenvalue weighted by Crippen LogP contribution is -1.99. The Morgan fingerprint density at radius 1 is 1.11 bits per heavy atom. The number of rotatable bonds is 4. The van der Waals surface area contributed by atoms with Crippen LogP contribution in [0.15, 0.2) is 47.4 Å². The van der Waals surface area contributed by atoms with E-state index in [-0.39, 0.29) is 5.82 Å². The van der Waals surface area contributed by atoms with Crippen LogP contribution in [-0.4, -0.2) is 0 Å². The van der Waals surface area contributed by atoms with E-state index in [2.05, 4.69) is 19.1 Å². The van der Waals surface area contributed by atoms with Crippen LogP contribution in [0.3, 0.4) is 0 Å². The van der Waals surface area contributed by atoms with Crippen LogP contribution in [0.4, 0.5) is 4.39 Å². The molecule has 0 unspecified atom stereocenters. The average molecular weight is 261 g/mol. The summed E-state index contributed by atoms with van der Waals surface area (Å²) in [7, 11) is 0. The molecule has 0 spiro atoms. The summed E-state index contributed by atoms with van der Waals surface area (Å²) >= 11 is 1.70. The molecular weight excluding hydrogens is 245 g/mol. The van der Waals surface area contributed by atoms with E-state index in [0.717, 1.165) is 16.2 Å². The Hall–Kier alpha value is -1.32. The highest BCUT2D eigenvalue weighted by Crippen LogP contribution is 2.27. The lowest BCUT2D eigenvalue weighted by atomic mass is 10.1. The van der Waals surface area contributed by atoms with Gasteiger partial charge in [-0.3, -0.25) is 0 Å². The lowest BCUT2D eigenvalue weighted by Gasteiger charge is -2.09. The number of hydrogen-bond acceptors (Lipinski definition) is 2. The minimum absolute atomic E-state index is 0.226. The van der Waals surface area contributed by atoms with Crippen molar-refractivity contribution in [2.75, 3.05) is 0 Å². The Labute approximate surface area is 111 Å². The molecule has 0 radical (unpaired) electrons. The van der Waals surface area contributed by atoms with Gasteiger partial charge in [0.25, 0.3) is 0 Å². The second-order valence-electron chi connectivity index (χ2n) is 4.17. The van der Waals surface area contributed by atoms with Crippen LogP contribution < -0.4 is 5.73 Å². The molecule has 94 valence electrons. The molecule has 1 nitrogen and oxygen atoms in total. The van der Waals surface area contributed by atoms with Crippen LogP contribution in [0.25, 0.3) is 0 Å². The molecule has 2 N–H and O–H groups in total. The van der Waals surface area contributed by atoms with E-state index in [4.69, 9.17) is 5.73 Å². The molecule has 2 rings (SSSR count). The van der Waals surface area contributed by atoms with Crippen LogP contribution in [0.5, 0.6) is 0 Å². The molecule has 0 saturated carbocycles. The lowest BCUT2D eigenvalue weighted by molar-refractivity contribution is 0.623. The van der Waals surface area contributed by atoms with Gasteiger partial charge in [-0.25, -0.2) is 4.39 Å². The first-order valence-electron chi connectivity index (χ1n) is 5.86. The van der Waals surface area contributed by atoms with Gasteiger partial charge in [0.2, 0.25) is 0 Å². The Bertz CT molecular complexity index is 540. The third-order valence-corrected chi connectivity index (χ3v) is 4.05. The van der Waals surface area contributed by atoms with Crippen molar-refractivity contribution in [2.24, 2.45) is 5.73 Å². The summed E-state index contributed by atoms with van der Waals surface area (Å²) in [4.78, 5) is 1.06. The van der Waals surface area contributed by atoms with E-state index >= 15 is 0 Å². The number of benzene rings is 2. The first-order chi connectivity index (χ1) is 8.70. The van der Waals surface area contributed by atoms with Gasteiger partial charge in [-0.15, -0.1) is 11.8 Å². The van der Waals surface area contributed by atoms with Crippen molar-refractivity contribution in [3.05, 3.63) is 65.0 Å². The molecule has 0 heterocycles. The predicted molar refractivity (Wildman–Crippen MR) is 75.0 cm³/mol. The molecule has 0 fully saturated rings. The summed E-state index contributed by atoms with van der Waals surface area (Å²) in [6.45, 7) is 2.47.